The summed E-state index contributed by atoms with van der Waals surface area (Å²) in [7, 11) is 0. The highest BCUT2D eigenvalue weighted by atomic mass is 14.4. The molecule has 0 radical (unpaired) electrons. The molecular formula is C13H25N. The summed E-state index contributed by atoms with van der Waals surface area (Å²) >= 11 is 0. The quantitative estimate of drug-likeness (QED) is 0.624. The van der Waals surface area contributed by atoms with Crippen LogP contribution in [0.1, 0.15) is 53.9 Å². The fraction of sp³-hybridized carbons (Fsp3) is 0.615. The van der Waals surface area contributed by atoms with Crippen LogP contribution < -0.4 is 0 Å². The molecule has 1 aliphatic carbocycles. The minimum absolute atomic E-state index is 0.832. The van der Waals surface area contributed by atoms with Gasteiger partial charge in [0.25, 0.3) is 0 Å². The molecule has 0 heterocycles. The van der Waals surface area contributed by atoms with E-state index in [2.05, 4.69) is 6.08 Å². The standard InChI is InChI=1S/C9H13N.2C2H6/c1-2-3-5-8-6-4-7-9(8)10;2*1-2/h2-3,5,10H,4,6-7H2,1H3;2*1-2H3/b3-2-,8-5-,10-9?;;. The summed E-state index contributed by atoms with van der Waals surface area (Å²) in [5, 5.41) is 7.48. The van der Waals surface area contributed by atoms with Crippen LogP contribution in [0.5, 0.6) is 0 Å². The Balaban J connectivity index is 0. The lowest BCUT2D eigenvalue weighted by Crippen LogP contribution is -1.88. The van der Waals surface area contributed by atoms with Crippen LogP contribution in [0, 0.1) is 5.41 Å². The summed E-state index contributed by atoms with van der Waals surface area (Å²) in [5.41, 5.74) is 2.05. The number of allylic oxidation sites excluding steroid dienone is 4. The number of hydrogen-bond donors (Lipinski definition) is 1. The van der Waals surface area contributed by atoms with Crippen LogP contribution in [0.15, 0.2) is 23.8 Å². The van der Waals surface area contributed by atoms with Gasteiger partial charge in [0.1, 0.15) is 0 Å². The third kappa shape index (κ3) is 6.64. The van der Waals surface area contributed by atoms with E-state index >= 15 is 0 Å². The van der Waals surface area contributed by atoms with Crippen molar-refractivity contribution >= 4 is 5.71 Å². The van der Waals surface area contributed by atoms with Gasteiger partial charge in [0.2, 0.25) is 0 Å². The first-order valence-corrected chi connectivity index (χ1v) is 5.74. The van der Waals surface area contributed by atoms with Crippen molar-refractivity contribution in [2.45, 2.75) is 53.9 Å². The highest BCUT2D eigenvalue weighted by molar-refractivity contribution is 5.99. The molecule has 0 aromatic rings. The van der Waals surface area contributed by atoms with Crippen LogP contribution in [0.2, 0.25) is 0 Å². The van der Waals surface area contributed by atoms with Crippen LogP contribution in [-0.2, 0) is 0 Å². The molecule has 0 amide bonds. The highest BCUT2D eigenvalue weighted by Crippen LogP contribution is 2.20. The first kappa shape index (κ1) is 15.6. The number of nitrogens with one attached hydrogen (secondary N) is 1. The topological polar surface area (TPSA) is 23.9 Å². The van der Waals surface area contributed by atoms with Crippen molar-refractivity contribution in [3.8, 4) is 0 Å². The zero-order chi connectivity index (χ0) is 11.4. The molecule has 0 aromatic heterocycles. The van der Waals surface area contributed by atoms with Gasteiger partial charge in [-0.05, 0) is 31.8 Å². The molecule has 0 saturated heterocycles. The second kappa shape index (κ2) is 12.2. The van der Waals surface area contributed by atoms with Crippen molar-refractivity contribution in [3.63, 3.8) is 0 Å². The van der Waals surface area contributed by atoms with Crippen LogP contribution in [0.25, 0.3) is 0 Å². The van der Waals surface area contributed by atoms with E-state index in [-0.39, 0.29) is 0 Å². The Morgan fingerprint density at radius 1 is 1.07 bits per heavy atom. The third-order valence-corrected chi connectivity index (χ3v) is 1.75. The van der Waals surface area contributed by atoms with Crippen LogP contribution in [0.3, 0.4) is 0 Å². The van der Waals surface area contributed by atoms with E-state index in [4.69, 9.17) is 5.41 Å². The van der Waals surface area contributed by atoms with E-state index in [0.717, 1.165) is 18.6 Å². The maximum Gasteiger partial charge on any atom is 0.0345 e. The second-order valence-electron chi connectivity index (χ2n) is 2.55. The molecule has 0 aromatic carbocycles. The minimum atomic E-state index is 0.832. The van der Waals surface area contributed by atoms with Crippen molar-refractivity contribution in [1.29, 1.82) is 5.41 Å². The number of rotatable bonds is 1. The van der Waals surface area contributed by atoms with Gasteiger partial charge in [-0.1, -0.05) is 45.9 Å². The molecule has 0 unspecified atom stereocenters. The lowest BCUT2D eigenvalue weighted by atomic mass is 10.2. The zero-order valence-corrected chi connectivity index (χ0v) is 10.4. The Labute approximate surface area is 89.4 Å². The summed E-state index contributed by atoms with van der Waals surface area (Å²) in [6.45, 7) is 10.00. The average Bonchev–Trinajstić information content (AvgIpc) is 2.67. The fourth-order valence-corrected chi connectivity index (χ4v) is 1.16. The van der Waals surface area contributed by atoms with Crippen molar-refractivity contribution in [2.24, 2.45) is 0 Å². The molecule has 0 aliphatic heterocycles. The highest BCUT2D eigenvalue weighted by Gasteiger charge is 2.11. The average molecular weight is 195 g/mol. The van der Waals surface area contributed by atoms with Crippen molar-refractivity contribution in [1.82, 2.24) is 0 Å². The molecule has 1 aliphatic rings. The monoisotopic (exact) mass is 195 g/mol. The molecule has 1 saturated carbocycles. The zero-order valence-electron chi connectivity index (χ0n) is 10.4. The van der Waals surface area contributed by atoms with E-state index in [1.54, 1.807) is 0 Å². The first-order chi connectivity index (χ1) is 6.84. The molecule has 1 fully saturated rings. The van der Waals surface area contributed by atoms with Gasteiger partial charge in [0.05, 0.1) is 0 Å². The Bertz CT molecular complexity index is 187. The van der Waals surface area contributed by atoms with Crippen molar-refractivity contribution < 1.29 is 0 Å². The molecule has 82 valence electrons. The summed E-state index contributed by atoms with van der Waals surface area (Å²) in [6, 6.07) is 0. The van der Waals surface area contributed by atoms with Gasteiger partial charge in [-0.15, -0.1) is 0 Å². The summed E-state index contributed by atoms with van der Waals surface area (Å²) in [6.07, 6.45) is 9.30. The first-order valence-electron chi connectivity index (χ1n) is 5.74. The minimum Gasteiger partial charge on any atom is -0.305 e. The molecule has 14 heavy (non-hydrogen) atoms. The lowest BCUT2D eigenvalue weighted by Gasteiger charge is -1.90. The third-order valence-electron chi connectivity index (χ3n) is 1.75. The van der Waals surface area contributed by atoms with E-state index in [1.807, 2.05) is 46.8 Å². The molecule has 1 heteroatoms. The Hall–Kier alpha value is -0.850. The molecule has 0 atom stereocenters. The molecule has 1 rings (SSSR count). The number of hydrogen-bond acceptors (Lipinski definition) is 1. The molecule has 0 bridgehead atoms. The Kier molecular flexibility index (Phi) is 13.6. The van der Waals surface area contributed by atoms with Crippen LogP contribution in [0.4, 0.5) is 0 Å². The second-order valence-corrected chi connectivity index (χ2v) is 2.55. The van der Waals surface area contributed by atoms with Crippen molar-refractivity contribution in [2.75, 3.05) is 0 Å². The normalized spacial score (nSPS) is 17.5. The summed E-state index contributed by atoms with van der Waals surface area (Å²) < 4.78 is 0. The largest absolute Gasteiger partial charge is 0.305 e. The van der Waals surface area contributed by atoms with E-state index in [0.29, 0.717) is 0 Å². The molecule has 1 nitrogen and oxygen atoms in total. The van der Waals surface area contributed by atoms with E-state index < -0.39 is 0 Å². The smallest absolute Gasteiger partial charge is 0.0345 e. The SMILES string of the molecule is C/C=C\C=C1\CCCC1=N.CC.CC. The maximum atomic E-state index is 7.48. The van der Waals surface area contributed by atoms with E-state index in [9.17, 15) is 0 Å². The van der Waals surface area contributed by atoms with Crippen LogP contribution >= 0.6 is 0 Å². The lowest BCUT2D eigenvalue weighted by molar-refractivity contribution is 0.946. The Morgan fingerprint density at radius 2 is 1.64 bits per heavy atom. The van der Waals surface area contributed by atoms with Gasteiger partial charge < -0.3 is 5.41 Å². The summed E-state index contributed by atoms with van der Waals surface area (Å²) in [4.78, 5) is 0. The van der Waals surface area contributed by atoms with Gasteiger partial charge >= 0.3 is 0 Å². The molecular weight excluding hydrogens is 170 g/mol. The van der Waals surface area contributed by atoms with Crippen LogP contribution in [-0.4, -0.2) is 5.71 Å². The molecule has 0 spiro atoms. The predicted molar refractivity (Wildman–Crippen MR) is 67.2 cm³/mol. The van der Waals surface area contributed by atoms with Gasteiger partial charge in [-0.2, -0.15) is 0 Å². The Morgan fingerprint density at radius 3 is 2.00 bits per heavy atom. The predicted octanol–water partition coefficient (Wildman–Crippen LogP) is 4.74. The van der Waals surface area contributed by atoms with Gasteiger partial charge in [0.15, 0.2) is 0 Å². The summed E-state index contributed by atoms with van der Waals surface area (Å²) in [5.74, 6) is 0. The van der Waals surface area contributed by atoms with Gasteiger partial charge in [0, 0.05) is 5.71 Å². The fourth-order valence-electron chi connectivity index (χ4n) is 1.16. The van der Waals surface area contributed by atoms with E-state index in [1.165, 1.54) is 12.0 Å². The van der Waals surface area contributed by atoms with Gasteiger partial charge in [-0.25, -0.2) is 0 Å². The maximum absolute atomic E-state index is 7.48. The van der Waals surface area contributed by atoms with Gasteiger partial charge in [-0.3, -0.25) is 0 Å². The van der Waals surface area contributed by atoms with Crippen molar-refractivity contribution in [3.05, 3.63) is 23.8 Å². The molecule has 1 N–H and O–H groups in total.